The van der Waals surface area contributed by atoms with Crippen LogP contribution in [-0.4, -0.2) is 49.2 Å². The SMILES string of the molecule is CN(C)CCOC(=O)C=CC1C(C(=O)O)C1(C)C. The zero-order chi connectivity index (χ0) is 13.9. The molecule has 5 heteroatoms. The Morgan fingerprint density at radius 2 is 2.00 bits per heavy atom. The van der Waals surface area contributed by atoms with Crippen molar-refractivity contribution in [2.75, 3.05) is 27.2 Å². The van der Waals surface area contributed by atoms with Gasteiger partial charge in [-0.3, -0.25) is 4.79 Å². The van der Waals surface area contributed by atoms with E-state index in [1.807, 2.05) is 32.8 Å². The number of carboxylic acids is 1. The average Bonchev–Trinajstić information content (AvgIpc) is 2.77. The van der Waals surface area contributed by atoms with Gasteiger partial charge in [0, 0.05) is 12.6 Å². The number of hydrogen-bond acceptors (Lipinski definition) is 4. The lowest BCUT2D eigenvalue weighted by Gasteiger charge is -2.08. The summed E-state index contributed by atoms with van der Waals surface area (Å²) in [4.78, 5) is 24.2. The van der Waals surface area contributed by atoms with Gasteiger partial charge in [0.1, 0.15) is 6.61 Å². The van der Waals surface area contributed by atoms with Crippen LogP contribution in [0.2, 0.25) is 0 Å². The van der Waals surface area contributed by atoms with Crippen molar-refractivity contribution in [3.8, 4) is 0 Å². The van der Waals surface area contributed by atoms with Crippen LogP contribution in [0.25, 0.3) is 0 Å². The van der Waals surface area contributed by atoms with Crippen molar-refractivity contribution in [3.05, 3.63) is 12.2 Å². The first-order chi connectivity index (χ1) is 8.26. The Bertz CT molecular complexity index is 360. The number of carbonyl (C=O) groups is 2. The number of rotatable bonds is 6. The van der Waals surface area contributed by atoms with E-state index in [-0.39, 0.29) is 11.3 Å². The minimum atomic E-state index is -0.810. The number of carboxylic acid groups (broad SMARTS) is 1. The second-order valence-corrected chi connectivity index (χ2v) is 5.49. The molecule has 0 aromatic heterocycles. The van der Waals surface area contributed by atoms with Gasteiger partial charge in [-0.15, -0.1) is 0 Å². The Balaban J connectivity index is 2.37. The van der Waals surface area contributed by atoms with E-state index in [2.05, 4.69) is 0 Å². The van der Waals surface area contributed by atoms with Crippen LogP contribution in [0.4, 0.5) is 0 Å². The van der Waals surface area contributed by atoms with Crippen molar-refractivity contribution in [2.45, 2.75) is 13.8 Å². The highest BCUT2D eigenvalue weighted by atomic mass is 16.5. The molecule has 2 atom stereocenters. The molecular weight excluding hydrogens is 234 g/mol. The third-order valence-electron chi connectivity index (χ3n) is 3.40. The molecule has 0 heterocycles. The van der Waals surface area contributed by atoms with Gasteiger partial charge in [0.15, 0.2) is 0 Å². The predicted octanol–water partition coefficient (Wildman–Crippen LogP) is 1.00. The molecule has 5 nitrogen and oxygen atoms in total. The third kappa shape index (κ3) is 3.57. The summed E-state index contributed by atoms with van der Waals surface area (Å²) in [5.41, 5.74) is -0.272. The van der Waals surface area contributed by atoms with E-state index >= 15 is 0 Å². The molecular formula is C13H21NO4. The average molecular weight is 255 g/mol. The smallest absolute Gasteiger partial charge is 0.330 e. The summed E-state index contributed by atoms with van der Waals surface area (Å²) in [6.07, 6.45) is 2.99. The van der Waals surface area contributed by atoms with Gasteiger partial charge < -0.3 is 14.7 Å². The van der Waals surface area contributed by atoms with Crippen LogP contribution < -0.4 is 0 Å². The van der Waals surface area contributed by atoms with Gasteiger partial charge in [-0.25, -0.2) is 4.79 Å². The van der Waals surface area contributed by atoms with Gasteiger partial charge in [-0.1, -0.05) is 19.9 Å². The Morgan fingerprint density at radius 1 is 1.39 bits per heavy atom. The quantitative estimate of drug-likeness (QED) is 0.566. The van der Waals surface area contributed by atoms with Crippen LogP contribution in [-0.2, 0) is 14.3 Å². The normalized spacial score (nSPS) is 25.4. The van der Waals surface area contributed by atoms with Gasteiger partial charge >= 0.3 is 11.9 Å². The van der Waals surface area contributed by atoms with Gasteiger partial charge in [0.2, 0.25) is 0 Å². The Labute approximate surface area is 107 Å². The number of aliphatic carboxylic acids is 1. The molecule has 0 amide bonds. The fraction of sp³-hybridized carbons (Fsp3) is 0.692. The number of likely N-dealkylation sites (N-methyl/N-ethyl adjacent to an activating group) is 1. The number of hydrogen-bond donors (Lipinski definition) is 1. The lowest BCUT2D eigenvalue weighted by molar-refractivity contribution is -0.140. The molecule has 1 aliphatic carbocycles. The number of allylic oxidation sites excluding steroid dienone is 1. The highest BCUT2D eigenvalue weighted by molar-refractivity contribution is 5.83. The zero-order valence-electron chi connectivity index (χ0n) is 11.3. The maximum Gasteiger partial charge on any atom is 0.330 e. The second-order valence-electron chi connectivity index (χ2n) is 5.49. The monoisotopic (exact) mass is 255 g/mol. The summed E-state index contributed by atoms with van der Waals surface area (Å²) in [6.45, 7) is 4.79. The molecule has 1 fully saturated rings. The number of carbonyl (C=O) groups excluding carboxylic acids is 1. The molecule has 1 rings (SSSR count). The van der Waals surface area contributed by atoms with Crippen LogP contribution in [0.3, 0.4) is 0 Å². The topological polar surface area (TPSA) is 66.8 Å². The summed E-state index contributed by atoms with van der Waals surface area (Å²) in [7, 11) is 3.79. The molecule has 2 unspecified atom stereocenters. The summed E-state index contributed by atoms with van der Waals surface area (Å²) in [5.74, 6) is -1.71. The summed E-state index contributed by atoms with van der Waals surface area (Å²) < 4.78 is 4.98. The molecule has 0 radical (unpaired) electrons. The van der Waals surface area contributed by atoms with E-state index in [4.69, 9.17) is 9.84 Å². The Morgan fingerprint density at radius 3 is 2.44 bits per heavy atom. The number of esters is 1. The van der Waals surface area contributed by atoms with Crippen LogP contribution in [0, 0.1) is 17.3 Å². The predicted molar refractivity (Wildman–Crippen MR) is 67.0 cm³/mol. The van der Waals surface area contributed by atoms with Crippen molar-refractivity contribution >= 4 is 11.9 Å². The summed E-state index contributed by atoms with van der Waals surface area (Å²) in [6, 6.07) is 0. The standard InChI is InChI=1S/C13H21NO4/c1-13(2)9(11(13)12(16)17)5-6-10(15)18-8-7-14(3)4/h5-6,9,11H,7-8H2,1-4H3,(H,16,17). The molecule has 0 aliphatic heterocycles. The first-order valence-corrected chi connectivity index (χ1v) is 5.99. The zero-order valence-corrected chi connectivity index (χ0v) is 11.3. The number of ether oxygens (including phenoxy) is 1. The molecule has 1 saturated carbocycles. The van der Waals surface area contributed by atoms with Crippen molar-refractivity contribution in [3.63, 3.8) is 0 Å². The van der Waals surface area contributed by atoms with Crippen LogP contribution in [0.5, 0.6) is 0 Å². The largest absolute Gasteiger partial charge is 0.481 e. The van der Waals surface area contributed by atoms with Crippen LogP contribution in [0.1, 0.15) is 13.8 Å². The fourth-order valence-electron chi connectivity index (χ4n) is 2.07. The van der Waals surface area contributed by atoms with Crippen LogP contribution >= 0.6 is 0 Å². The van der Waals surface area contributed by atoms with E-state index in [9.17, 15) is 9.59 Å². The molecule has 1 N–H and O–H groups in total. The second kappa shape index (κ2) is 5.52. The number of nitrogens with zero attached hydrogens (tertiary/aromatic N) is 1. The molecule has 102 valence electrons. The molecule has 0 spiro atoms. The maximum atomic E-state index is 11.4. The lowest BCUT2D eigenvalue weighted by atomic mass is 10.1. The van der Waals surface area contributed by atoms with Crippen molar-refractivity contribution in [1.82, 2.24) is 4.90 Å². The molecule has 18 heavy (non-hydrogen) atoms. The highest BCUT2D eigenvalue weighted by Gasteiger charge is 2.60. The minimum Gasteiger partial charge on any atom is -0.481 e. The summed E-state index contributed by atoms with van der Waals surface area (Å²) >= 11 is 0. The highest BCUT2D eigenvalue weighted by Crippen LogP contribution is 2.58. The Hall–Kier alpha value is -1.36. The molecule has 0 aromatic carbocycles. The fourth-order valence-corrected chi connectivity index (χ4v) is 2.07. The van der Waals surface area contributed by atoms with E-state index in [0.29, 0.717) is 13.2 Å². The first-order valence-electron chi connectivity index (χ1n) is 5.99. The van der Waals surface area contributed by atoms with E-state index in [0.717, 1.165) is 0 Å². The maximum absolute atomic E-state index is 11.4. The van der Waals surface area contributed by atoms with Crippen molar-refractivity contribution < 1.29 is 19.4 Å². The lowest BCUT2D eigenvalue weighted by Crippen LogP contribution is -2.19. The summed E-state index contributed by atoms with van der Waals surface area (Å²) in [5, 5.41) is 8.97. The minimum absolute atomic E-state index is 0.0867. The van der Waals surface area contributed by atoms with E-state index < -0.39 is 17.9 Å². The molecule has 0 aromatic rings. The Kier molecular flexibility index (Phi) is 4.51. The van der Waals surface area contributed by atoms with E-state index in [1.54, 1.807) is 6.08 Å². The third-order valence-corrected chi connectivity index (χ3v) is 3.40. The van der Waals surface area contributed by atoms with Crippen molar-refractivity contribution in [2.24, 2.45) is 17.3 Å². The van der Waals surface area contributed by atoms with E-state index in [1.165, 1.54) is 6.08 Å². The molecule has 0 saturated heterocycles. The van der Waals surface area contributed by atoms with Gasteiger partial charge in [0.05, 0.1) is 5.92 Å². The van der Waals surface area contributed by atoms with Crippen LogP contribution in [0.15, 0.2) is 12.2 Å². The van der Waals surface area contributed by atoms with Gasteiger partial charge in [-0.05, 0) is 25.4 Å². The van der Waals surface area contributed by atoms with Gasteiger partial charge in [-0.2, -0.15) is 0 Å². The van der Waals surface area contributed by atoms with Crippen molar-refractivity contribution in [1.29, 1.82) is 0 Å². The van der Waals surface area contributed by atoms with Gasteiger partial charge in [0.25, 0.3) is 0 Å². The first kappa shape index (κ1) is 14.7. The molecule has 1 aliphatic rings. The molecule has 0 bridgehead atoms.